The van der Waals surface area contributed by atoms with Crippen molar-refractivity contribution in [1.29, 1.82) is 0 Å². The SMILES string of the molecule is COCC(C)(C)CN[C@@H]1CCN(c2nc(C(=O)N(C)C)nc(C)c2C)C1. The molecule has 1 aliphatic rings. The monoisotopic (exact) mass is 363 g/mol. The lowest BCUT2D eigenvalue weighted by Gasteiger charge is -2.26. The number of anilines is 1. The van der Waals surface area contributed by atoms with Crippen LogP contribution >= 0.6 is 0 Å². The number of aromatic nitrogens is 2. The van der Waals surface area contributed by atoms with Crippen LogP contribution in [0.4, 0.5) is 5.82 Å². The summed E-state index contributed by atoms with van der Waals surface area (Å²) in [7, 11) is 5.18. The molecule has 1 fully saturated rings. The Morgan fingerprint density at radius 3 is 2.65 bits per heavy atom. The van der Waals surface area contributed by atoms with Crippen LogP contribution in [-0.2, 0) is 4.74 Å². The van der Waals surface area contributed by atoms with Crippen LogP contribution in [-0.4, -0.2) is 74.3 Å². The maximum Gasteiger partial charge on any atom is 0.291 e. The molecule has 1 saturated heterocycles. The highest BCUT2D eigenvalue weighted by Gasteiger charge is 2.28. The van der Waals surface area contributed by atoms with Gasteiger partial charge < -0.3 is 19.9 Å². The summed E-state index contributed by atoms with van der Waals surface area (Å²) in [4.78, 5) is 25.0. The number of amides is 1. The maximum atomic E-state index is 12.3. The predicted octanol–water partition coefficient (Wildman–Crippen LogP) is 1.64. The molecule has 0 aliphatic carbocycles. The Kier molecular flexibility index (Phi) is 6.58. The summed E-state index contributed by atoms with van der Waals surface area (Å²) >= 11 is 0. The first-order valence-corrected chi connectivity index (χ1v) is 9.19. The smallest absolute Gasteiger partial charge is 0.291 e. The molecule has 0 bridgehead atoms. The minimum atomic E-state index is -0.162. The van der Waals surface area contributed by atoms with Gasteiger partial charge in [0.05, 0.1) is 6.61 Å². The second-order valence-electron chi connectivity index (χ2n) is 8.19. The van der Waals surface area contributed by atoms with Gasteiger partial charge in [-0.3, -0.25) is 4.79 Å². The van der Waals surface area contributed by atoms with E-state index in [9.17, 15) is 4.79 Å². The fourth-order valence-electron chi connectivity index (χ4n) is 3.20. The van der Waals surface area contributed by atoms with Gasteiger partial charge in [-0.2, -0.15) is 0 Å². The molecule has 1 amide bonds. The molecule has 7 heteroatoms. The van der Waals surface area contributed by atoms with Crippen LogP contribution in [0.15, 0.2) is 0 Å². The summed E-state index contributed by atoms with van der Waals surface area (Å²) in [6.45, 7) is 11.8. The predicted molar refractivity (Wildman–Crippen MR) is 104 cm³/mol. The molecule has 0 radical (unpaired) electrons. The van der Waals surface area contributed by atoms with Crippen molar-refractivity contribution >= 4 is 11.7 Å². The van der Waals surface area contributed by atoms with E-state index in [2.05, 4.69) is 34.0 Å². The molecule has 0 saturated carbocycles. The fraction of sp³-hybridized carbons (Fsp3) is 0.737. The van der Waals surface area contributed by atoms with Crippen LogP contribution in [0.25, 0.3) is 0 Å². The zero-order valence-electron chi connectivity index (χ0n) is 17.2. The molecule has 0 aromatic carbocycles. The minimum absolute atomic E-state index is 0.106. The molecular weight excluding hydrogens is 330 g/mol. The summed E-state index contributed by atoms with van der Waals surface area (Å²) in [6, 6.07) is 0.411. The number of ether oxygens (including phenoxy) is 1. The van der Waals surface area contributed by atoms with Gasteiger partial charge in [0, 0.05) is 63.6 Å². The molecule has 2 rings (SSSR count). The van der Waals surface area contributed by atoms with Gasteiger partial charge in [-0.1, -0.05) is 13.8 Å². The van der Waals surface area contributed by atoms with Gasteiger partial charge in [0.15, 0.2) is 0 Å². The van der Waals surface area contributed by atoms with E-state index >= 15 is 0 Å². The number of nitrogens with one attached hydrogen (secondary N) is 1. The van der Waals surface area contributed by atoms with Gasteiger partial charge in [0.2, 0.25) is 5.82 Å². The third-order valence-electron chi connectivity index (χ3n) is 4.85. The molecule has 1 aromatic heterocycles. The van der Waals surface area contributed by atoms with E-state index in [1.165, 1.54) is 4.90 Å². The summed E-state index contributed by atoms with van der Waals surface area (Å²) in [6.07, 6.45) is 1.06. The number of nitrogens with zero attached hydrogens (tertiary/aromatic N) is 4. The number of hydrogen-bond acceptors (Lipinski definition) is 6. The first-order chi connectivity index (χ1) is 12.1. The van der Waals surface area contributed by atoms with Gasteiger partial charge >= 0.3 is 0 Å². The molecule has 0 unspecified atom stereocenters. The molecule has 1 atom stereocenters. The number of methoxy groups -OCH3 is 1. The van der Waals surface area contributed by atoms with E-state index in [0.29, 0.717) is 6.04 Å². The lowest BCUT2D eigenvalue weighted by molar-refractivity contribution is 0.0815. The Bertz CT molecular complexity index is 645. The molecule has 26 heavy (non-hydrogen) atoms. The highest BCUT2D eigenvalue weighted by atomic mass is 16.5. The van der Waals surface area contributed by atoms with Crippen LogP contribution in [0.1, 0.15) is 42.1 Å². The van der Waals surface area contributed by atoms with Gasteiger partial charge in [-0.15, -0.1) is 0 Å². The normalized spacial score (nSPS) is 17.7. The molecule has 1 N–H and O–H groups in total. The van der Waals surface area contributed by atoms with Crippen molar-refractivity contribution in [1.82, 2.24) is 20.2 Å². The second kappa shape index (κ2) is 8.31. The Morgan fingerprint density at radius 2 is 2.04 bits per heavy atom. The maximum absolute atomic E-state index is 12.3. The molecule has 1 aliphatic heterocycles. The van der Waals surface area contributed by atoms with Crippen molar-refractivity contribution in [3.8, 4) is 0 Å². The average Bonchev–Trinajstić information content (AvgIpc) is 3.03. The van der Waals surface area contributed by atoms with Crippen molar-refractivity contribution in [2.75, 3.05) is 52.3 Å². The van der Waals surface area contributed by atoms with Gasteiger partial charge in [0.1, 0.15) is 5.82 Å². The first kappa shape index (κ1) is 20.6. The summed E-state index contributed by atoms with van der Waals surface area (Å²) < 4.78 is 5.29. The summed E-state index contributed by atoms with van der Waals surface area (Å²) in [5.41, 5.74) is 2.01. The Morgan fingerprint density at radius 1 is 1.35 bits per heavy atom. The van der Waals surface area contributed by atoms with Gasteiger partial charge in [0.25, 0.3) is 5.91 Å². The fourth-order valence-corrected chi connectivity index (χ4v) is 3.20. The number of aryl methyl sites for hydroxylation is 1. The van der Waals surface area contributed by atoms with Crippen LogP contribution < -0.4 is 10.2 Å². The first-order valence-electron chi connectivity index (χ1n) is 9.19. The largest absolute Gasteiger partial charge is 0.384 e. The van der Waals surface area contributed by atoms with Gasteiger partial charge in [-0.25, -0.2) is 9.97 Å². The van der Waals surface area contributed by atoms with Crippen molar-refractivity contribution in [2.24, 2.45) is 5.41 Å². The highest BCUT2D eigenvalue weighted by molar-refractivity contribution is 5.90. The van der Waals surface area contributed by atoms with Crippen molar-refractivity contribution in [3.63, 3.8) is 0 Å². The minimum Gasteiger partial charge on any atom is -0.384 e. The molecule has 7 nitrogen and oxygen atoms in total. The van der Waals surface area contributed by atoms with Gasteiger partial charge in [-0.05, 0) is 20.3 Å². The molecular formula is C19H33N5O2. The third kappa shape index (κ3) is 4.92. The quantitative estimate of drug-likeness (QED) is 0.794. The lowest BCUT2D eigenvalue weighted by atomic mass is 9.94. The standard InChI is InChI=1S/C19H33N5O2/c1-13-14(2)21-16(18(25)23(5)6)22-17(13)24-9-8-15(10-24)20-11-19(3,4)12-26-7/h15,20H,8-12H2,1-7H3/t15-/m1/s1. The Labute approximate surface area is 157 Å². The van der Waals surface area contributed by atoms with Crippen LogP contribution in [0.3, 0.4) is 0 Å². The number of rotatable bonds is 7. The van der Waals surface area contributed by atoms with Crippen LogP contribution in [0.2, 0.25) is 0 Å². The van der Waals surface area contributed by atoms with E-state index in [-0.39, 0.29) is 17.1 Å². The molecule has 1 aromatic rings. The van der Waals surface area contributed by atoms with Crippen molar-refractivity contribution in [2.45, 2.75) is 40.2 Å². The average molecular weight is 364 g/mol. The number of carbonyl (C=O) groups excluding carboxylic acids is 1. The Hall–Kier alpha value is -1.73. The molecule has 2 heterocycles. The summed E-state index contributed by atoms with van der Waals surface area (Å²) in [5, 5.41) is 3.66. The van der Waals surface area contributed by atoms with E-state index in [0.717, 1.165) is 49.7 Å². The van der Waals surface area contributed by atoms with E-state index < -0.39 is 0 Å². The second-order valence-corrected chi connectivity index (χ2v) is 8.19. The third-order valence-corrected chi connectivity index (χ3v) is 4.85. The zero-order chi connectivity index (χ0) is 19.5. The Balaban J connectivity index is 2.09. The van der Waals surface area contributed by atoms with Crippen molar-refractivity contribution < 1.29 is 9.53 Å². The van der Waals surface area contributed by atoms with E-state index in [1.807, 2.05) is 13.8 Å². The van der Waals surface area contributed by atoms with E-state index in [4.69, 9.17) is 4.74 Å². The van der Waals surface area contributed by atoms with Crippen LogP contribution in [0, 0.1) is 19.3 Å². The lowest BCUT2D eigenvalue weighted by Crippen LogP contribution is -2.40. The van der Waals surface area contributed by atoms with Crippen molar-refractivity contribution in [3.05, 3.63) is 17.1 Å². The highest BCUT2D eigenvalue weighted by Crippen LogP contribution is 2.25. The number of hydrogen-bond donors (Lipinski definition) is 1. The topological polar surface area (TPSA) is 70.6 Å². The molecule has 0 spiro atoms. The summed E-state index contributed by atoms with van der Waals surface area (Å²) in [5.74, 6) is 0.985. The zero-order valence-corrected chi connectivity index (χ0v) is 17.2. The number of carbonyl (C=O) groups is 1. The van der Waals surface area contributed by atoms with Crippen LogP contribution in [0.5, 0.6) is 0 Å². The molecule has 146 valence electrons. The van der Waals surface area contributed by atoms with E-state index in [1.54, 1.807) is 21.2 Å².